The zero-order valence-electron chi connectivity index (χ0n) is 7.36. The summed E-state index contributed by atoms with van der Waals surface area (Å²) in [5.41, 5.74) is 1.77. The fourth-order valence-corrected chi connectivity index (χ4v) is 1.99. The van der Waals surface area contributed by atoms with E-state index in [1.165, 1.54) is 6.20 Å². The lowest BCUT2D eigenvalue weighted by Crippen LogP contribution is -2.01. The van der Waals surface area contributed by atoms with E-state index in [4.69, 9.17) is 5.11 Å². The van der Waals surface area contributed by atoms with Crippen molar-refractivity contribution in [1.82, 2.24) is 9.38 Å². The van der Waals surface area contributed by atoms with Gasteiger partial charge < -0.3 is 5.11 Å². The highest BCUT2D eigenvalue weighted by Gasteiger charge is 2.11. The Morgan fingerprint density at radius 3 is 3.00 bits per heavy atom. The molecule has 0 unspecified atom stereocenters. The van der Waals surface area contributed by atoms with Crippen LogP contribution in [0.25, 0.3) is 5.65 Å². The first-order valence-electron chi connectivity index (χ1n) is 3.96. The molecule has 1 N–H and O–H groups in total. The summed E-state index contributed by atoms with van der Waals surface area (Å²) in [7, 11) is 0. The number of aromatic nitrogens is 2. The van der Waals surface area contributed by atoms with Gasteiger partial charge in [-0.3, -0.25) is 4.40 Å². The summed E-state index contributed by atoms with van der Waals surface area (Å²) in [4.78, 5) is 14.8. The van der Waals surface area contributed by atoms with Gasteiger partial charge in [0.25, 0.3) is 0 Å². The number of pyridine rings is 1. The predicted octanol–water partition coefficient (Wildman–Crippen LogP) is 2.10. The van der Waals surface area contributed by atoms with Gasteiger partial charge in [0.2, 0.25) is 0 Å². The van der Waals surface area contributed by atoms with Crippen LogP contribution in [0.3, 0.4) is 0 Å². The van der Waals surface area contributed by atoms with Crippen molar-refractivity contribution < 1.29 is 9.90 Å². The van der Waals surface area contributed by atoms with Crippen LogP contribution in [0.1, 0.15) is 16.1 Å². The lowest BCUT2D eigenvalue weighted by Gasteiger charge is -2.00. The number of hydrogen-bond donors (Lipinski definition) is 1. The summed E-state index contributed by atoms with van der Waals surface area (Å²) in [5, 5.41) is 8.88. The molecule has 0 amide bonds. The van der Waals surface area contributed by atoms with Crippen molar-refractivity contribution in [3.05, 3.63) is 34.2 Å². The predicted molar refractivity (Wildman–Crippen MR) is 54.6 cm³/mol. The second kappa shape index (κ2) is 3.09. The number of fused-ring (bicyclic) bond motifs is 1. The molecule has 2 heterocycles. The SMILES string of the molecule is Cc1cc(Br)c2ncc(C(=O)O)n2c1. The number of aromatic carboxylic acids is 1. The highest BCUT2D eigenvalue weighted by atomic mass is 79.9. The van der Waals surface area contributed by atoms with Crippen LogP contribution in [0.2, 0.25) is 0 Å². The Morgan fingerprint density at radius 2 is 2.36 bits per heavy atom. The molecular formula is C9H7BrN2O2. The third kappa shape index (κ3) is 1.29. The molecule has 5 heteroatoms. The van der Waals surface area contributed by atoms with Gasteiger partial charge in [-0.1, -0.05) is 0 Å². The lowest BCUT2D eigenvalue weighted by atomic mass is 10.3. The van der Waals surface area contributed by atoms with Gasteiger partial charge in [-0.15, -0.1) is 0 Å². The topological polar surface area (TPSA) is 54.6 Å². The number of rotatable bonds is 1. The molecule has 0 aliphatic heterocycles. The molecular weight excluding hydrogens is 248 g/mol. The maximum absolute atomic E-state index is 10.8. The highest BCUT2D eigenvalue weighted by molar-refractivity contribution is 9.10. The molecule has 2 rings (SSSR count). The van der Waals surface area contributed by atoms with Gasteiger partial charge in [-0.2, -0.15) is 0 Å². The van der Waals surface area contributed by atoms with Crippen molar-refractivity contribution in [2.75, 3.05) is 0 Å². The van der Waals surface area contributed by atoms with Crippen molar-refractivity contribution in [2.45, 2.75) is 6.92 Å². The van der Waals surface area contributed by atoms with E-state index in [0.717, 1.165) is 10.0 Å². The molecule has 72 valence electrons. The standard InChI is InChI=1S/C9H7BrN2O2/c1-5-2-6(10)8-11-3-7(9(13)14)12(8)4-5/h2-4H,1H3,(H,13,14). The van der Waals surface area contributed by atoms with Crippen molar-refractivity contribution in [3.63, 3.8) is 0 Å². The fourth-order valence-electron chi connectivity index (χ4n) is 1.33. The first-order chi connectivity index (χ1) is 6.59. The minimum atomic E-state index is -0.977. The second-order valence-electron chi connectivity index (χ2n) is 3.01. The molecule has 0 spiro atoms. The number of nitrogens with zero attached hydrogens (tertiary/aromatic N) is 2. The summed E-state index contributed by atoms with van der Waals surface area (Å²) in [6.07, 6.45) is 3.10. The van der Waals surface area contributed by atoms with E-state index in [-0.39, 0.29) is 5.69 Å². The lowest BCUT2D eigenvalue weighted by molar-refractivity contribution is 0.0689. The molecule has 14 heavy (non-hydrogen) atoms. The van der Waals surface area contributed by atoms with Crippen LogP contribution in [-0.2, 0) is 0 Å². The Kier molecular flexibility index (Phi) is 2.03. The number of imidazole rings is 1. The zero-order valence-corrected chi connectivity index (χ0v) is 8.95. The quantitative estimate of drug-likeness (QED) is 0.848. The van der Waals surface area contributed by atoms with Gasteiger partial charge in [-0.25, -0.2) is 9.78 Å². The van der Waals surface area contributed by atoms with Gasteiger partial charge >= 0.3 is 5.97 Å². The number of halogens is 1. The van der Waals surface area contributed by atoms with E-state index >= 15 is 0 Å². The Labute approximate surface area is 88.3 Å². The largest absolute Gasteiger partial charge is 0.477 e. The molecule has 0 atom stereocenters. The van der Waals surface area contributed by atoms with E-state index in [1.807, 2.05) is 13.0 Å². The normalized spacial score (nSPS) is 10.7. The Bertz CT molecular complexity index is 519. The number of hydrogen-bond acceptors (Lipinski definition) is 2. The summed E-state index contributed by atoms with van der Waals surface area (Å²) in [6, 6.07) is 1.90. The van der Waals surface area contributed by atoms with Crippen LogP contribution in [0.15, 0.2) is 22.9 Å². The summed E-state index contributed by atoms with van der Waals surface area (Å²) >= 11 is 3.33. The molecule has 0 aromatic carbocycles. The van der Waals surface area contributed by atoms with Gasteiger partial charge in [0, 0.05) is 6.20 Å². The monoisotopic (exact) mass is 254 g/mol. The van der Waals surface area contributed by atoms with Crippen LogP contribution in [0.4, 0.5) is 0 Å². The van der Waals surface area contributed by atoms with Gasteiger partial charge in [0.15, 0.2) is 11.3 Å². The maximum atomic E-state index is 10.8. The second-order valence-corrected chi connectivity index (χ2v) is 3.86. The molecule has 4 nitrogen and oxygen atoms in total. The average molecular weight is 255 g/mol. The number of aryl methyl sites for hydroxylation is 1. The smallest absolute Gasteiger partial charge is 0.354 e. The third-order valence-electron chi connectivity index (χ3n) is 1.92. The minimum absolute atomic E-state index is 0.171. The molecule has 0 saturated carbocycles. The van der Waals surface area contributed by atoms with Crippen LogP contribution in [-0.4, -0.2) is 20.5 Å². The molecule has 0 aliphatic rings. The number of carboxylic acids is 1. The van der Waals surface area contributed by atoms with E-state index < -0.39 is 5.97 Å². The highest BCUT2D eigenvalue weighted by Crippen LogP contribution is 2.19. The molecule has 0 saturated heterocycles. The maximum Gasteiger partial charge on any atom is 0.354 e. The molecule has 2 aromatic heterocycles. The zero-order chi connectivity index (χ0) is 10.3. The van der Waals surface area contributed by atoms with E-state index in [9.17, 15) is 4.79 Å². The molecule has 0 radical (unpaired) electrons. The summed E-state index contributed by atoms with van der Waals surface area (Å²) in [5.74, 6) is -0.977. The summed E-state index contributed by atoms with van der Waals surface area (Å²) < 4.78 is 2.35. The van der Waals surface area contributed by atoms with Crippen LogP contribution >= 0.6 is 15.9 Å². The number of carboxylic acid groups (broad SMARTS) is 1. The Balaban J connectivity index is 2.85. The van der Waals surface area contributed by atoms with Gasteiger partial charge in [-0.05, 0) is 34.5 Å². The molecule has 0 fully saturated rings. The van der Waals surface area contributed by atoms with Crippen LogP contribution in [0, 0.1) is 6.92 Å². The Morgan fingerprint density at radius 1 is 1.64 bits per heavy atom. The van der Waals surface area contributed by atoms with E-state index in [2.05, 4.69) is 20.9 Å². The van der Waals surface area contributed by atoms with E-state index in [0.29, 0.717) is 5.65 Å². The third-order valence-corrected chi connectivity index (χ3v) is 2.50. The van der Waals surface area contributed by atoms with Crippen LogP contribution < -0.4 is 0 Å². The average Bonchev–Trinajstić information content (AvgIpc) is 2.47. The van der Waals surface area contributed by atoms with Crippen molar-refractivity contribution in [2.24, 2.45) is 0 Å². The van der Waals surface area contributed by atoms with Crippen molar-refractivity contribution >= 4 is 27.5 Å². The molecule has 2 aromatic rings. The van der Waals surface area contributed by atoms with Gasteiger partial charge in [0.1, 0.15) is 0 Å². The summed E-state index contributed by atoms with van der Waals surface area (Å²) in [6.45, 7) is 1.90. The van der Waals surface area contributed by atoms with Gasteiger partial charge in [0.05, 0.1) is 10.7 Å². The van der Waals surface area contributed by atoms with Crippen molar-refractivity contribution in [1.29, 1.82) is 0 Å². The molecule has 0 bridgehead atoms. The first kappa shape index (κ1) is 9.21. The van der Waals surface area contributed by atoms with Crippen molar-refractivity contribution in [3.8, 4) is 0 Å². The number of carbonyl (C=O) groups is 1. The minimum Gasteiger partial charge on any atom is -0.477 e. The first-order valence-corrected chi connectivity index (χ1v) is 4.75. The fraction of sp³-hybridized carbons (Fsp3) is 0.111. The van der Waals surface area contributed by atoms with Crippen LogP contribution in [0.5, 0.6) is 0 Å². The Hall–Kier alpha value is -1.36. The molecule has 0 aliphatic carbocycles. The van der Waals surface area contributed by atoms with E-state index in [1.54, 1.807) is 10.6 Å².